The second-order valence-electron chi connectivity index (χ2n) is 4.70. The van der Waals surface area contributed by atoms with Crippen molar-refractivity contribution < 1.29 is 4.79 Å². The number of rotatable bonds is 3. The van der Waals surface area contributed by atoms with Crippen molar-refractivity contribution >= 4 is 46.6 Å². The van der Waals surface area contributed by atoms with E-state index in [9.17, 15) is 4.79 Å². The van der Waals surface area contributed by atoms with Crippen molar-refractivity contribution in [3.63, 3.8) is 0 Å². The Labute approximate surface area is 140 Å². The van der Waals surface area contributed by atoms with Crippen LogP contribution in [0, 0.1) is 6.92 Å². The molecule has 0 radical (unpaired) electrons. The summed E-state index contributed by atoms with van der Waals surface area (Å²) in [4.78, 5) is 11.8. The molecule has 0 bridgehead atoms. The molecule has 2 aromatic carbocycles. The Kier molecular flexibility index (Phi) is 5.69. The number of hydrogen-bond donors (Lipinski definition) is 2. The van der Waals surface area contributed by atoms with E-state index in [1.807, 2.05) is 43.3 Å². The summed E-state index contributed by atoms with van der Waals surface area (Å²) in [5, 5.41) is 6.48. The molecule has 3 nitrogen and oxygen atoms in total. The summed E-state index contributed by atoms with van der Waals surface area (Å²) in [5.74, 6) is -0.292. The minimum Gasteiger partial charge on any atom is -0.332 e. The Bertz CT molecular complexity index is 711. The predicted octanol–water partition coefficient (Wildman–Crippen LogP) is 4.17. The topological polar surface area (TPSA) is 41.1 Å². The van der Waals surface area contributed by atoms with Crippen molar-refractivity contribution in [3.05, 3.63) is 70.8 Å². The molecular formula is C17H15ClN2OS. The van der Waals surface area contributed by atoms with Crippen LogP contribution < -0.4 is 10.6 Å². The van der Waals surface area contributed by atoms with E-state index in [4.69, 9.17) is 23.8 Å². The van der Waals surface area contributed by atoms with Crippen molar-refractivity contribution in [2.24, 2.45) is 0 Å². The van der Waals surface area contributed by atoms with Crippen LogP contribution in [0.2, 0.25) is 5.02 Å². The SMILES string of the molecule is Cc1cccc(NC(=S)NC(=O)/C=C/c2ccc(Cl)cc2)c1. The van der Waals surface area contributed by atoms with E-state index in [-0.39, 0.29) is 11.0 Å². The third-order valence-electron chi connectivity index (χ3n) is 2.81. The standard InChI is InChI=1S/C17H15ClN2OS/c1-12-3-2-4-15(11-12)19-17(22)20-16(21)10-7-13-5-8-14(18)9-6-13/h2-11H,1H3,(H2,19,20,21,22)/b10-7+. The zero-order chi connectivity index (χ0) is 15.9. The fraction of sp³-hybridized carbons (Fsp3) is 0.0588. The molecule has 1 amide bonds. The lowest BCUT2D eigenvalue weighted by atomic mass is 10.2. The van der Waals surface area contributed by atoms with Crippen molar-refractivity contribution in [3.8, 4) is 0 Å². The summed E-state index contributed by atoms with van der Waals surface area (Å²) in [6, 6.07) is 14.9. The van der Waals surface area contributed by atoms with Crippen LogP contribution in [0.3, 0.4) is 0 Å². The van der Waals surface area contributed by atoms with Crippen LogP contribution in [0.25, 0.3) is 6.08 Å². The second kappa shape index (κ2) is 7.73. The quantitative estimate of drug-likeness (QED) is 0.655. The lowest BCUT2D eigenvalue weighted by molar-refractivity contribution is -0.115. The zero-order valence-corrected chi connectivity index (χ0v) is 13.5. The minimum atomic E-state index is -0.292. The first-order valence-electron chi connectivity index (χ1n) is 6.65. The van der Waals surface area contributed by atoms with Gasteiger partial charge in [0.05, 0.1) is 0 Å². The Morgan fingerprint density at radius 1 is 1.18 bits per heavy atom. The monoisotopic (exact) mass is 330 g/mol. The summed E-state index contributed by atoms with van der Waals surface area (Å²) in [6.07, 6.45) is 3.12. The molecule has 0 aliphatic carbocycles. The molecule has 112 valence electrons. The van der Waals surface area contributed by atoms with Crippen molar-refractivity contribution in [2.45, 2.75) is 6.92 Å². The number of carbonyl (C=O) groups is 1. The largest absolute Gasteiger partial charge is 0.332 e. The van der Waals surface area contributed by atoms with E-state index in [1.54, 1.807) is 18.2 Å². The number of thiocarbonyl (C=S) groups is 1. The van der Waals surface area contributed by atoms with E-state index in [2.05, 4.69) is 10.6 Å². The number of benzene rings is 2. The van der Waals surface area contributed by atoms with E-state index >= 15 is 0 Å². The van der Waals surface area contributed by atoms with Crippen molar-refractivity contribution in [1.82, 2.24) is 5.32 Å². The maximum absolute atomic E-state index is 11.8. The first kappa shape index (κ1) is 16.2. The van der Waals surface area contributed by atoms with Gasteiger partial charge in [-0.1, -0.05) is 35.9 Å². The molecule has 5 heteroatoms. The molecule has 22 heavy (non-hydrogen) atoms. The summed E-state index contributed by atoms with van der Waals surface area (Å²) in [6.45, 7) is 1.99. The van der Waals surface area contributed by atoms with E-state index in [0.29, 0.717) is 5.02 Å². The fourth-order valence-corrected chi connectivity index (χ4v) is 2.13. The molecule has 0 spiro atoms. The van der Waals surface area contributed by atoms with Gasteiger partial charge in [0.25, 0.3) is 0 Å². The molecule has 0 heterocycles. The average molecular weight is 331 g/mol. The number of aryl methyl sites for hydroxylation is 1. The molecule has 0 aliphatic rings. The number of halogens is 1. The average Bonchev–Trinajstić information content (AvgIpc) is 2.46. The van der Waals surface area contributed by atoms with Gasteiger partial charge >= 0.3 is 0 Å². The molecule has 0 saturated heterocycles. The summed E-state index contributed by atoms with van der Waals surface area (Å²) >= 11 is 10.9. The van der Waals surface area contributed by atoms with Gasteiger partial charge in [-0.2, -0.15) is 0 Å². The third-order valence-corrected chi connectivity index (χ3v) is 3.27. The fourth-order valence-electron chi connectivity index (χ4n) is 1.78. The molecule has 2 N–H and O–H groups in total. The van der Waals surface area contributed by atoms with Crippen molar-refractivity contribution in [2.75, 3.05) is 5.32 Å². The van der Waals surface area contributed by atoms with Gasteiger partial charge in [0.15, 0.2) is 5.11 Å². The molecule has 2 aromatic rings. The van der Waals surface area contributed by atoms with Gasteiger partial charge in [0.2, 0.25) is 5.91 Å². The molecule has 0 saturated carbocycles. The van der Waals surface area contributed by atoms with Crippen LogP contribution >= 0.6 is 23.8 Å². The van der Waals surface area contributed by atoms with E-state index in [0.717, 1.165) is 16.8 Å². The van der Waals surface area contributed by atoms with Gasteiger partial charge in [-0.25, -0.2) is 0 Å². The molecule has 2 rings (SSSR count). The zero-order valence-electron chi connectivity index (χ0n) is 12.0. The Balaban J connectivity index is 1.88. The highest BCUT2D eigenvalue weighted by Gasteiger charge is 2.01. The summed E-state index contributed by atoms with van der Waals surface area (Å²) < 4.78 is 0. The molecule has 0 aromatic heterocycles. The molecule has 0 aliphatic heterocycles. The first-order valence-corrected chi connectivity index (χ1v) is 7.44. The smallest absolute Gasteiger partial charge is 0.250 e. The lowest BCUT2D eigenvalue weighted by Crippen LogP contribution is -2.32. The van der Waals surface area contributed by atoms with Crippen LogP contribution in [0.1, 0.15) is 11.1 Å². The third kappa shape index (κ3) is 5.31. The number of nitrogens with one attached hydrogen (secondary N) is 2. The van der Waals surface area contributed by atoms with Crippen molar-refractivity contribution in [1.29, 1.82) is 0 Å². The van der Waals surface area contributed by atoms with Gasteiger partial charge in [-0.3, -0.25) is 10.1 Å². The number of hydrogen-bond acceptors (Lipinski definition) is 2. The summed E-state index contributed by atoms with van der Waals surface area (Å²) in [5.41, 5.74) is 2.84. The van der Waals surface area contributed by atoms with Gasteiger partial charge in [-0.05, 0) is 60.6 Å². The number of anilines is 1. The maximum atomic E-state index is 11.8. The Hall–Kier alpha value is -2.17. The normalized spacial score (nSPS) is 10.5. The summed E-state index contributed by atoms with van der Waals surface area (Å²) in [7, 11) is 0. The van der Waals surface area contributed by atoms with E-state index in [1.165, 1.54) is 6.08 Å². The minimum absolute atomic E-state index is 0.261. The predicted molar refractivity (Wildman–Crippen MR) is 96.0 cm³/mol. The van der Waals surface area contributed by atoms with Crippen LogP contribution in [0.5, 0.6) is 0 Å². The first-order chi connectivity index (χ1) is 10.5. The van der Waals surface area contributed by atoms with Gasteiger partial charge < -0.3 is 5.32 Å². The molecule has 0 atom stereocenters. The van der Waals surface area contributed by atoms with Crippen LogP contribution in [0.15, 0.2) is 54.6 Å². The van der Waals surface area contributed by atoms with Gasteiger partial charge in [0.1, 0.15) is 0 Å². The van der Waals surface area contributed by atoms with Crippen LogP contribution in [-0.2, 0) is 4.79 Å². The Morgan fingerprint density at radius 2 is 1.91 bits per heavy atom. The maximum Gasteiger partial charge on any atom is 0.250 e. The van der Waals surface area contributed by atoms with Crippen LogP contribution in [0.4, 0.5) is 5.69 Å². The number of amides is 1. The highest BCUT2D eigenvalue weighted by molar-refractivity contribution is 7.80. The van der Waals surface area contributed by atoms with Crippen LogP contribution in [-0.4, -0.2) is 11.0 Å². The van der Waals surface area contributed by atoms with Gasteiger partial charge in [0, 0.05) is 16.8 Å². The molecule has 0 unspecified atom stereocenters. The molecular weight excluding hydrogens is 316 g/mol. The number of carbonyl (C=O) groups excluding carboxylic acids is 1. The highest BCUT2D eigenvalue weighted by atomic mass is 35.5. The van der Waals surface area contributed by atoms with Gasteiger partial charge in [-0.15, -0.1) is 0 Å². The van der Waals surface area contributed by atoms with E-state index < -0.39 is 0 Å². The molecule has 0 fully saturated rings. The lowest BCUT2D eigenvalue weighted by Gasteiger charge is -2.08. The highest BCUT2D eigenvalue weighted by Crippen LogP contribution is 2.11. The Morgan fingerprint density at radius 3 is 2.59 bits per heavy atom. The second-order valence-corrected chi connectivity index (χ2v) is 5.54.